The van der Waals surface area contributed by atoms with Gasteiger partial charge in [-0.25, -0.2) is 13.6 Å². The topological polar surface area (TPSA) is 85.4 Å². The lowest BCUT2D eigenvalue weighted by atomic mass is 10.2. The van der Waals surface area contributed by atoms with E-state index < -0.39 is 34.0 Å². The molecule has 13 heteroatoms. The third-order valence-electron chi connectivity index (χ3n) is 5.56. The molecule has 33 heavy (non-hydrogen) atoms. The molecule has 1 N–H and O–H groups in total. The molecule has 1 aromatic carbocycles. The number of amides is 1. The highest BCUT2D eigenvalue weighted by Crippen LogP contribution is 2.31. The number of piperazine rings is 1. The van der Waals surface area contributed by atoms with Crippen LogP contribution in [0.4, 0.5) is 25.0 Å². The molecule has 9 nitrogen and oxygen atoms in total. The first-order valence-electron chi connectivity index (χ1n) is 10.6. The minimum atomic E-state index is -3.59. The Bertz CT molecular complexity index is 991. The van der Waals surface area contributed by atoms with Crippen molar-refractivity contribution in [1.82, 2.24) is 13.9 Å². The minimum absolute atomic E-state index is 0.0570. The third-order valence-corrected chi connectivity index (χ3v) is 8.11. The highest BCUT2D eigenvalue weighted by atomic mass is 32.2. The molecule has 2 aliphatic rings. The van der Waals surface area contributed by atoms with E-state index in [1.165, 1.54) is 28.2 Å². The molecule has 2 heterocycles. The van der Waals surface area contributed by atoms with Crippen molar-refractivity contribution in [3.8, 4) is 0 Å². The number of nitrogens with zero attached hydrogens (tertiary/aromatic N) is 4. The maximum atomic E-state index is 14.9. The van der Waals surface area contributed by atoms with E-state index in [4.69, 9.17) is 17.0 Å². The van der Waals surface area contributed by atoms with Gasteiger partial charge in [0.2, 0.25) is 0 Å². The van der Waals surface area contributed by atoms with Crippen molar-refractivity contribution >= 4 is 44.9 Å². The number of cyclic esters (lactones) is 1. The molecule has 0 bridgehead atoms. The molecule has 1 amide bonds. The number of hydrogen-bond acceptors (Lipinski definition) is 6. The Morgan fingerprint density at radius 2 is 1.79 bits per heavy atom. The monoisotopic (exact) mass is 505 g/mol. The van der Waals surface area contributed by atoms with Crippen LogP contribution in [0, 0.1) is 17.6 Å². The van der Waals surface area contributed by atoms with Crippen molar-refractivity contribution in [2.75, 3.05) is 63.2 Å². The van der Waals surface area contributed by atoms with Crippen LogP contribution in [-0.2, 0) is 14.9 Å². The van der Waals surface area contributed by atoms with Gasteiger partial charge in [0, 0.05) is 58.3 Å². The molecule has 0 radical (unpaired) electrons. The van der Waals surface area contributed by atoms with Crippen LogP contribution in [0.1, 0.15) is 13.8 Å². The molecule has 3 rings (SSSR count). The van der Waals surface area contributed by atoms with Gasteiger partial charge in [-0.05, 0) is 0 Å². The SMILES string of the molecule is CC(C)C(=S)NCC1CN(c2cc(F)c(N3CCN(S(=O)(=O)N(C)C)CC3)c(F)c2)C(=O)O1. The fourth-order valence-corrected chi connectivity index (χ4v) is 4.81. The van der Waals surface area contributed by atoms with Gasteiger partial charge in [0.05, 0.1) is 23.8 Å². The lowest BCUT2D eigenvalue weighted by molar-refractivity contribution is 0.143. The zero-order valence-corrected chi connectivity index (χ0v) is 20.7. The van der Waals surface area contributed by atoms with Crippen LogP contribution in [-0.4, -0.2) is 87.6 Å². The standard InChI is InChI=1S/C20H29F2N5O4S2/c1-13(2)19(32)23-11-15-12-27(20(28)31-15)14-9-16(21)18(17(22)10-14)25-5-7-26(8-6-25)33(29,30)24(3)4/h9-10,13,15H,5-8,11-12H2,1-4H3,(H,23,32). The third kappa shape index (κ3) is 5.53. The summed E-state index contributed by atoms with van der Waals surface area (Å²) in [7, 11) is -0.723. The van der Waals surface area contributed by atoms with E-state index in [2.05, 4.69) is 5.32 Å². The van der Waals surface area contributed by atoms with Gasteiger partial charge in [-0.2, -0.15) is 17.0 Å². The van der Waals surface area contributed by atoms with E-state index in [1.54, 1.807) is 0 Å². The zero-order valence-electron chi connectivity index (χ0n) is 19.0. The van der Waals surface area contributed by atoms with E-state index in [0.29, 0.717) is 11.5 Å². The van der Waals surface area contributed by atoms with Crippen molar-refractivity contribution in [1.29, 1.82) is 0 Å². The lowest BCUT2D eigenvalue weighted by Gasteiger charge is -2.36. The number of carbonyl (C=O) groups is 1. The first-order chi connectivity index (χ1) is 15.4. The average molecular weight is 506 g/mol. The van der Waals surface area contributed by atoms with Gasteiger partial charge in [0.15, 0.2) is 11.6 Å². The first-order valence-corrected chi connectivity index (χ1v) is 12.4. The Hall–Kier alpha value is -2.09. The Labute approximate surface area is 198 Å². The van der Waals surface area contributed by atoms with Crippen LogP contribution in [0.25, 0.3) is 0 Å². The number of anilines is 2. The number of nitrogens with one attached hydrogen (secondary N) is 1. The van der Waals surface area contributed by atoms with E-state index >= 15 is 0 Å². The number of carbonyl (C=O) groups excluding carboxylic acids is 1. The van der Waals surface area contributed by atoms with Gasteiger partial charge in [-0.15, -0.1) is 0 Å². The maximum Gasteiger partial charge on any atom is 0.414 e. The summed E-state index contributed by atoms with van der Waals surface area (Å²) in [6.45, 7) is 4.80. The van der Waals surface area contributed by atoms with Crippen molar-refractivity contribution in [3.63, 3.8) is 0 Å². The quantitative estimate of drug-likeness (QED) is 0.566. The first kappa shape index (κ1) is 25.5. The van der Waals surface area contributed by atoms with Gasteiger partial charge in [0.1, 0.15) is 11.8 Å². The number of hydrogen-bond donors (Lipinski definition) is 1. The van der Waals surface area contributed by atoms with Crippen molar-refractivity contribution < 1.29 is 26.7 Å². The van der Waals surface area contributed by atoms with Gasteiger partial charge < -0.3 is 15.0 Å². The molecule has 184 valence electrons. The second-order valence-corrected chi connectivity index (χ2v) is 11.0. The predicted octanol–water partition coefficient (Wildman–Crippen LogP) is 1.79. The molecule has 1 unspecified atom stereocenters. The van der Waals surface area contributed by atoms with Gasteiger partial charge in [-0.1, -0.05) is 26.1 Å². The second kappa shape index (κ2) is 10.0. The van der Waals surface area contributed by atoms with Gasteiger partial charge in [0.25, 0.3) is 10.2 Å². The fourth-order valence-electron chi connectivity index (χ4n) is 3.64. The fraction of sp³-hybridized carbons (Fsp3) is 0.600. The summed E-state index contributed by atoms with van der Waals surface area (Å²) in [5, 5.41) is 3.04. The molecule has 1 atom stereocenters. The summed E-state index contributed by atoms with van der Waals surface area (Å²) in [6, 6.07) is 2.19. The van der Waals surface area contributed by atoms with Crippen molar-refractivity contribution in [2.45, 2.75) is 20.0 Å². The molecule has 0 spiro atoms. The maximum absolute atomic E-state index is 14.9. The average Bonchev–Trinajstić information content (AvgIpc) is 3.12. The predicted molar refractivity (Wildman–Crippen MR) is 126 cm³/mol. The van der Waals surface area contributed by atoms with Crippen molar-refractivity contribution in [3.05, 3.63) is 23.8 Å². The smallest absolute Gasteiger partial charge is 0.414 e. The van der Waals surface area contributed by atoms with Gasteiger partial charge in [-0.3, -0.25) is 4.90 Å². The molecule has 2 aliphatic heterocycles. The summed E-state index contributed by atoms with van der Waals surface area (Å²) < 4.78 is 62.1. The van der Waals surface area contributed by atoms with E-state index in [1.807, 2.05) is 13.8 Å². The molecule has 2 fully saturated rings. The minimum Gasteiger partial charge on any atom is -0.442 e. The summed E-state index contributed by atoms with van der Waals surface area (Å²) in [4.78, 5) is 15.6. The van der Waals surface area contributed by atoms with E-state index in [9.17, 15) is 22.0 Å². The summed E-state index contributed by atoms with van der Waals surface area (Å²) in [5.41, 5.74) is -0.185. The number of benzene rings is 1. The van der Waals surface area contributed by atoms with Crippen molar-refractivity contribution in [2.24, 2.45) is 5.92 Å². The van der Waals surface area contributed by atoms with E-state index in [-0.39, 0.29) is 50.0 Å². The highest BCUT2D eigenvalue weighted by molar-refractivity contribution is 7.86. The zero-order chi connectivity index (χ0) is 24.5. The number of thiocarbonyl (C=S) groups is 1. The van der Waals surface area contributed by atoms with Crippen LogP contribution < -0.4 is 15.1 Å². The van der Waals surface area contributed by atoms with Crippen LogP contribution in [0.15, 0.2) is 12.1 Å². The Balaban J connectivity index is 1.69. The summed E-state index contributed by atoms with van der Waals surface area (Å²) in [6.07, 6.45) is -1.20. The second-order valence-electron chi connectivity index (χ2n) is 8.45. The molecular weight excluding hydrogens is 476 g/mol. The number of ether oxygens (including phenoxy) is 1. The normalized spacial score (nSPS) is 20.0. The van der Waals surface area contributed by atoms with Crippen LogP contribution in [0.3, 0.4) is 0 Å². The largest absolute Gasteiger partial charge is 0.442 e. The van der Waals surface area contributed by atoms with Gasteiger partial charge >= 0.3 is 6.09 Å². The number of rotatable bonds is 7. The molecule has 0 aromatic heterocycles. The molecule has 0 aliphatic carbocycles. The Kier molecular flexibility index (Phi) is 7.76. The van der Waals surface area contributed by atoms with Crippen LogP contribution in [0.5, 0.6) is 0 Å². The number of halogens is 2. The van der Waals surface area contributed by atoms with Crippen LogP contribution >= 0.6 is 12.2 Å². The molecule has 0 saturated carbocycles. The molecule has 2 saturated heterocycles. The highest BCUT2D eigenvalue weighted by Gasteiger charge is 2.35. The van der Waals surface area contributed by atoms with Crippen LogP contribution in [0.2, 0.25) is 0 Å². The molecule has 1 aromatic rings. The van der Waals surface area contributed by atoms with E-state index in [0.717, 1.165) is 16.4 Å². The Morgan fingerprint density at radius 3 is 2.30 bits per heavy atom. The molecular formula is C20H29F2N5O4S2. The Morgan fingerprint density at radius 1 is 1.21 bits per heavy atom. The lowest BCUT2D eigenvalue weighted by Crippen LogP contribution is -2.52. The summed E-state index contributed by atoms with van der Waals surface area (Å²) in [5.74, 6) is -1.51. The summed E-state index contributed by atoms with van der Waals surface area (Å²) >= 11 is 5.21.